The van der Waals surface area contributed by atoms with E-state index in [1.807, 2.05) is 12.3 Å². The van der Waals surface area contributed by atoms with Crippen molar-refractivity contribution < 1.29 is 19.0 Å². The van der Waals surface area contributed by atoms with Crippen molar-refractivity contribution in [1.82, 2.24) is 15.0 Å². The Morgan fingerprint density at radius 2 is 1.86 bits per heavy atom. The second kappa shape index (κ2) is 7.59. The first-order chi connectivity index (χ1) is 14.3. The lowest BCUT2D eigenvalue weighted by Crippen LogP contribution is -2.28. The third-order valence-corrected chi connectivity index (χ3v) is 5.07. The van der Waals surface area contributed by atoms with Gasteiger partial charge in [-0.25, -0.2) is 0 Å². The van der Waals surface area contributed by atoms with Crippen LogP contribution in [0.2, 0.25) is 0 Å². The van der Waals surface area contributed by atoms with Crippen molar-refractivity contribution in [1.29, 1.82) is 0 Å². The molecule has 5 rings (SSSR count). The third kappa shape index (κ3) is 3.44. The molecular weight excluding hydrogens is 374 g/mol. The summed E-state index contributed by atoms with van der Waals surface area (Å²) in [5.74, 6) is 2.12. The molecule has 2 aliphatic heterocycles. The average Bonchev–Trinajstić information content (AvgIpc) is 3.24. The van der Waals surface area contributed by atoms with Crippen LogP contribution in [0.4, 0.5) is 17.5 Å². The maximum absolute atomic E-state index is 11.3. The molecule has 0 spiro atoms. The van der Waals surface area contributed by atoms with E-state index in [2.05, 4.69) is 20.6 Å². The topological polar surface area (TPSA) is 110 Å². The van der Waals surface area contributed by atoms with E-state index < -0.39 is 0 Å². The number of H-pyrrole nitrogens is 1. The number of fused-ring (bicyclic) bond motifs is 2. The van der Waals surface area contributed by atoms with Crippen molar-refractivity contribution in [2.45, 2.75) is 18.9 Å². The maximum atomic E-state index is 11.3. The zero-order chi connectivity index (χ0) is 19.6. The number of aromatic amines is 1. The van der Waals surface area contributed by atoms with Gasteiger partial charge >= 0.3 is 0 Å². The number of carbonyl (C=O) groups is 1. The smallest absolute Gasteiger partial charge is 0.231 e. The SMILES string of the molecule is O=Cc1ccc(Nc2nc(NC3CCOCC3)c3cc[nH]c3n2)c2c1OCCO2. The summed E-state index contributed by atoms with van der Waals surface area (Å²) in [6.45, 7) is 2.31. The summed E-state index contributed by atoms with van der Waals surface area (Å²) in [4.78, 5) is 23.7. The van der Waals surface area contributed by atoms with Gasteiger partial charge in [0.25, 0.3) is 0 Å². The third-order valence-electron chi connectivity index (χ3n) is 5.07. The lowest BCUT2D eigenvalue weighted by molar-refractivity contribution is 0.0904. The highest BCUT2D eigenvalue weighted by Crippen LogP contribution is 2.41. The van der Waals surface area contributed by atoms with Crippen LogP contribution in [-0.4, -0.2) is 53.7 Å². The van der Waals surface area contributed by atoms with Crippen molar-refractivity contribution in [2.75, 3.05) is 37.1 Å². The number of ether oxygens (including phenoxy) is 3. The van der Waals surface area contributed by atoms with Gasteiger partial charge in [-0.3, -0.25) is 4.79 Å². The van der Waals surface area contributed by atoms with Crippen LogP contribution in [-0.2, 0) is 4.74 Å². The maximum Gasteiger partial charge on any atom is 0.231 e. The molecule has 0 bridgehead atoms. The summed E-state index contributed by atoms with van der Waals surface area (Å²) in [6, 6.07) is 5.72. The minimum absolute atomic E-state index is 0.306. The molecule has 1 saturated heterocycles. The van der Waals surface area contributed by atoms with Gasteiger partial charge in [-0.15, -0.1) is 0 Å². The number of rotatable bonds is 5. The molecule has 0 saturated carbocycles. The van der Waals surface area contributed by atoms with Gasteiger partial charge < -0.3 is 29.8 Å². The van der Waals surface area contributed by atoms with Crippen LogP contribution in [0.15, 0.2) is 24.4 Å². The number of hydrogen-bond acceptors (Lipinski definition) is 8. The second-order valence-electron chi connectivity index (χ2n) is 6.97. The molecule has 1 aromatic carbocycles. The Balaban J connectivity index is 1.49. The minimum atomic E-state index is 0.306. The van der Waals surface area contributed by atoms with E-state index in [1.54, 1.807) is 12.1 Å². The number of hydrogen-bond donors (Lipinski definition) is 3. The number of anilines is 3. The monoisotopic (exact) mass is 395 g/mol. The Labute approximate surface area is 166 Å². The van der Waals surface area contributed by atoms with Crippen molar-refractivity contribution in [3.8, 4) is 11.5 Å². The van der Waals surface area contributed by atoms with Crippen LogP contribution in [0, 0.1) is 0 Å². The summed E-state index contributed by atoms with van der Waals surface area (Å²) in [5, 5.41) is 7.67. The zero-order valence-electron chi connectivity index (χ0n) is 15.7. The molecule has 1 fully saturated rings. The van der Waals surface area contributed by atoms with Crippen molar-refractivity contribution in [2.24, 2.45) is 0 Å². The number of aldehydes is 1. The first-order valence-corrected chi connectivity index (χ1v) is 9.66. The van der Waals surface area contributed by atoms with Crippen LogP contribution in [0.1, 0.15) is 23.2 Å². The van der Waals surface area contributed by atoms with E-state index >= 15 is 0 Å². The number of aromatic nitrogens is 3. The lowest BCUT2D eigenvalue weighted by atomic mass is 10.1. The second-order valence-corrected chi connectivity index (χ2v) is 6.97. The quantitative estimate of drug-likeness (QED) is 0.566. The number of carbonyl (C=O) groups excluding carboxylic acids is 1. The van der Waals surface area contributed by atoms with E-state index in [-0.39, 0.29) is 0 Å². The molecule has 0 amide bonds. The van der Waals surface area contributed by atoms with Crippen LogP contribution in [0.5, 0.6) is 11.5 Å². The highest BCUT2D eigenvalue weighted by molar-refractivity contribution is 5.89. The Morgan fingerprint density at radius 3 is 2.69 bits per heavy atom. The van der Waals surface area contributed by atoms with Gasteiger partial charge in [0.1, 0.15) is 24.7 Å². The van der Waals surface area contributed by atoms with E-state index in [0.29, 0.717) is 48.0 Å². The summed E-state index contributed by atoms with van der Waals surface area (Å²) < 4.78 is 16.8. The van der Waals surface area contributed by atoms with Gasteiger partial charge in [0, 0.05) is 25.5 Å². The summed E-state index contributed by atoms with van der Waals surface area (Å²) in [5.41, 5.74) is 1.83. The molecule has 3 N–H and O–H groups in total. The fourth-order valence-corrected chi connectivity index (χ4v) is 3.61. The van der Waals surface area contributed by atoms with Gasteiger partial charge in [-0.1, -0.05) is 0 Å². The average molecular weight is 395 g/mol. The van der Waals surface area contributed by atoms with Crippen LogP contribution < -0.4 is 20.1 Å². The fourth-order valence-electron chi connectivity index (χ4n) is 3.61. The number of nitrogens with one attached hydrogen (secondary N) is 3. The Bertz CT molecular complexity index is 1040. The molecule has 4 heterocycles. The molecule has 150 valence electrons. The van der Waals surface area contributed by atoms with Gasteiger partial charge in [0.2, 0.25) is 5.95 Å². The number of nitrogens with zero attached hydrogens (tertiary/aromatic N) is 2. The predicted octanol–water partition coefficient (Wildman–Crippen LogP) is 2.88. The summed E-state index contributed by atoms with van der Waals surface area (Å²) in [7, 11) is 0. The minimum Gasteiger partial charge on any atom is -0.485 e. The molecule has 0 radical (unpaired) electrons. The van der Waals surface area contributed by atoms with Gasteiger partial charge in [-0.05, 0) is 31.0 Å². The highest BCUT2D eigenvalue weighted by Gasteiger charge is 2.22. The largest absolute Gasteiger partial charge is 0.485 e. The van der Waals surface area contributed by atoms with Crippen molar-refractivity contribution >= 4 is 34.8 Å². The van der Waals surface area contributed by atoms with Crippen molar-refractivity contribution in [3.63, 3.8) is 0 Å². The van der Waals surface area contributed by atoms with Gasteiger partial charge in [0.15, 0.2) is 17.8 Å². The van der Waals surface area contributed by atoms with Crippen molar-refractivity contribution in [3.05, 3.63) is 30.0 Å². The molecule has 9 heteroatoms. The van der Waals surface area contributed by atoms with Crippen LogP contribution in [0.25, 0.3) is 11.0 Å². The molecular formula is C20H21N5O4. The molecule has 2 aromatic heterocycles. The zero-order valence-corrected chi connectivity index (χ0v) is 15.7. The number of benzene rings is 1. The lowest BCUT2D eigenvalue weighted by Gasteiger charge is -2.24. The first kappa shape index (κ1) is 17.7. The van der Waals surface area contributed by atoms with E-state index in [4.69, 9.17) is 19.2 Å². The van der Waals surface area contributed by atoms with Gasteiger partial charge in [0.05, 0.1) is 16.6 Å². The molecule has 0 aliphatic carbocycles. The van der Waals surface area contributed by atoms with E-state index in [0.717, 1.165) is 49.2 Å². The van der Waals surface area contributed by atoms with Crippen LogP contribution >= 0.6 is 0 Å². The molecule has 2 aliphatic rings. The fraction of sp³-hybridized carbons (Fsp3) is 0.350. The normalized spacial score (nSPS) is 16.6. The van der Waals surface area contributed by atoms with Gasteiger partial charge in [-0.2, -0.15) is 9.97 Å². The molecule has 3 aromatic rings. The Morgan fingerprint density at radius 1 is 1.03 bits per heavy atom. The first-order valence-electron chi connectivity index (χ1n) is 9.66. The molecule has 9 nitrogen and oxygen atoms in total. The van der Waals surface area contributed by atoms with E-state index in [9.17, 15) is 4.79 Å². The van der Waals surface area contributed by atoms with Crippen LogP contribution in [0.3, 0.4) is 0 Å². The van der Waals surface area contributed by atoms with E-state index in [1.165, 1.54) is 0 Å². The summed E-state index contributed by atoms with van der Waals surface area (Å²) in [6.07, 6.45) is 4.47. The molecule has 0 atom stereocenters. The summed E-state index contributed by atoms with van der Waals surface area (Å²) >= 11 is 0. The standard InChI is InChI=1S/C20H21N5O4/c26-11-12-1-2-15(17-16(12)28-9-10-29-17)23-20-24-18-14(3-6-21-18)19(25-20)22-13-4-7-27-8-5-13/h1-3,6,11,13H,4-5,7-10H2,(H3,21,22,23,24,25). The predicted molar refractivity (Wildman–Crippen MR) is 107 cm³/mol. The Hall–Kier alpha value is -3.33. The highest BCUT2D eigenvalue weighted by atomic mass is 16.6. The molecule has 29 heavy (non-hydrogen) atoms. The molecule has 0 unspecified atom stereocenters. The Kier molecular flexibility index (Phi) is 4.65.